The number of aromatic nitrogens is 2. The Morgan fingerprint density at radius 3 is 2.30 bits per heavy atom. The molecule has 0 aliphatic carbocycles. The van der Waals surface area contributed by atoms with Gasteiger partial charge in [-0.1, -0.05) is 35.9 Å². The first-order valence-electron chi connectivity index (χ1n) is 9.42. The van der Waals surface area contributed by atoms with Gasteiger partial charge in [-0.15, -0.1) is 0 Å². The van der Waals surface area contributed by atoms with E-state index in [1.54, 1.807) is 12.1 Å². The fourth-order valence-electron chi connectivity index (χ4n) is 3.11. The SMILES string of the molecule is O=C(Nc1cc(F)ccc1F)c1ccc(-c2cc(C(F)(F)F)nn2-c2ccccc2Cl)cc1. The van der Waals surface area contributed by atoms with Gasteiger partial charge in [-0.3, -0.25) is 4.79 Å². The smallest absolute Gasteiger partial charge is 0.319 e. The van der Waals surface area contributed by atoms with Crippen molar-refractivity contribution in [1.29, 1.82) is 0 Å². The lowest BCUT2D eigenvalue weighted by atomic mass is 10.1. The quantitative estimate of drug-likeness (QED) is 0.331. The highest BCUT2D eigenvalue weighted by molar-refractivity contribution is 6.32. The molecule has 1 amide bonds. The second kappa shape index (κ2) is 8.67. The van der Waals surface area contributed by atoms with Crippen molar-refractivity contribution < 1.29 is 26.7 Å². The molecule has 1 aromatic heterocycles. The number of hydrogen-bond acceptors (Lipinski definition) is 2. The molecule has 0 unspecified atom stereocenters. The van der Waals surface area contributed by atoms with Crippen molar-refractivity contribution in [3.8, 4) is 16.9 Å². The Hall–Kier alpha value is -3.72. The summed E-state index contributed by atoms with van der Waals surface area (Å²) in [6.07, 6.45) is -4.68. The lowest BCUT2D eigenvalue weighted by Crippen LogP contribution is -2.13. The van der Waals surface area contributed by atoms with Crippen LogP contribution >= 0.6 is 11.6 Å². The maximum atomic E-state index is 13.8. The van der Waals surface area contributed by atoms with Crippen LogP contribution in [0.2, 0.25) is 5.02 Å². The Labute approximate surface area is 189 Å². The molecule has 1 heterocycles. The number of halogens is 6. The van der Waals surface area contributed by atoms with Crippen molar-refractivity contribution in [3.05, 3.63) is 101 Å². The summed E-state index contributed by atoms with van der Waals surface area (Å²) in [6, 6.07) is 15.3. The summed E-state index contributed by atoms with van der Waals surface area (Å²) in [6.45, 7) is 0. The first kappa shape index (κ1) is 22.5. The molecule has 0 atom stereocenters. The number of carbonyl (C=O) groups excluding carboxylic acids is 1. The maximum Gasteiger partial charge on any atom is 0.435 e. The minimum atomic E-state index is -4.68. The molecule has 0 aliphatic heterocycles. The van der Waals surface area contributed by atoms with E-state index in [9.17, 15) is 26.7 Å². The van der Waals surface area contributed by atoms with Crippen LogP contribution in [-0.4, -0.2) is 15.7 Å². The van der Waals surface area contributed by atoms with Crippen LogP contribution in [0, 0.1) is 11.6 Å². The van der Waals surface area contributed by atoms with Gasteiger partial charge in [0.15, 0.2) is 5.69 Å². The molecular formula is C23H13ClF5N3O. The molecular weight excluding hydrogens is 465 g/mol. The molecule has 10 heteroatoms. The zero-order valence-corrected chi connectivity index (χ0v) is 17.3. The Morgan fingerprint density at radius 2 is 1.64 bits per heavy atom. The van der Waals surface area contributed by atoms with Crippen LogP contribution in [-0.2, 0) is 6.18 Å². The molecule has 4 nitrogen and oxygen atoms in total. The van der Waals surface area contributed by atoms with E-state index >= 15 is 0 Å². The molecule has 0 aliphatic rings. The standard InChI is InChI=1S/C23H13ClF5N3O/c24-16-3-1-2-4-19(16)32-20(12-21(31-32)23(27,28)29)13-5-7-14(8-6-13)22(33)30-18-11-15(25)9-10-17(18)26/h1-12H,(H,30,33). The largest absolute Gasteiger partial charge is 0.435 e. The van der Waals surface area contributed by atoms with E-state index in [1.807, 2.05) is 0 Å². The fourth-order valence-corrected chi connectivity index (χ4v) is 3.33. The van der Waals surface area contributed by atoms with Crippen LogP contribution in [0.15, 0.2) is 72.8 Å². The molecule has 1 N–H and O–H groups in total. The zero-order valence-electron chi connectivity index (χ0n) is 16.5. The molecule has 4 rings (SSSR count). The van der Waals surface area contributed by atoms with E-state index in [0.29, 0.717) is 5.56 Å². The normalized spacial score (nSPS) is 11.5. The molecule has 0 spiro atoms. The summed E-state index contributed by atoms with van der Waals surface area (Å²) in [5.41, 5.74) is -0.697. The number of nitrogens with zero attached hydrogens (tertiary/aromatic N) is 2. The summed E-state index contributed by atoms with van der Waals surface area (Å²) in [7, 11) is 0. The van der Waals surface area contributed by atoms with Gasteiger partial charge in [-0.05, 0) is 42.5 Å². The van der Waals surface area contributed by atoms with Gasteiger partial charge in [0.25, 0.3) is 5.91 Å². The molecule has 3 aromatic carbocycles. The number of benzene rings is 3. The molecule has 168 valence electrons. The third-order valence-corrected chi connectivity index (χ3v) is 5.02. The fraction of sp³-hybridized carbons (Fsp3) is 0.0435. The molecule has 0 saturated carbocycles. The van der Waals surface area contributed by atoms with Crippen LogP contribution < -0.4 is 5.32 Å². The van der Waals surface area contributed by atoms with Crippen LogP contribution in [0.1, 0.15) is 16.1 Å². The Morgan fingerprint density at radius 1 is 0.939 bits per heavy atom. The van der Waals surface area contributed by atoms with Gasteiger partial charge in [0.2, 0.25) is 0 Å². The van der Waals surface area contributed by atoms with Gasteiger partial charge in [-0.25, -0.2) is 13.5 Å². The molecule has 0 radical (unpaired) electrons. The van der Waals surface area contributed by atoms with E-state index in [-0.39, 0.29) is 27.7 Å². The third kappa shape index (κ3) is 4.73. The second-order valence-corrected chi connectivity index (χ2v) is 7.34. The van der Waals surface area contributed by atoms with E-state index in [1.165, 1.54) is 36.4 Å². The van der Waals surface area contributed by atoms with Crippen molar-refractivity contribution >= 4 is 23.2 Å². The molecule has 0 saturated heterocycles. The highest BCUT2D eigenvalue weighted by atomic mass is 35.5. The second-order valence-electron chi connectivity index (χ2n) is 6.93. The van der Waals surface area contributed by atoms with Crippen LogP contribution in [0.25, 0.3) is 16.9 Å². The minimum absolute atomic E-state index is 0.0854. The van der Waals surface area contributed by atoms with Gasteiger partial charge >= 0.3 is 6.18 Å². The molecule has 33 heavy (non-hydrogen) atoms. The highest BCUT2D eigenvalue weighted by Crippen LogP contribution is 2.34. The van der Waals surface area contributed by atoms with E-state index < -0.39 is 29.4 Å². The van der Waals surface area contributed by atoms with Crippen molar-refractivity contribution in [2.75, 3.05) is 5.32 Å². The number of nitrogens with one attached hydrogen (secondary N) is 1. The van der Waals surface area contributed by atoms with Gasteiger partial charge < -0.3 is 5.32 Å². The first-order chi connectivity index (χ1) is 15.6. The number of carbonyl (C=O) groups is 1. The van der Waals surface area contributed by atoms with E-state index in [0.717, 1.165) is 28.9 Å². The average Bonchev–Trinajstić information content (AvgIpc) is 3.22. The number of hydrogen-bond donors (Lipinski definition) is 1. The van der Waals surface area contributed by atoms with Crippen molar-refractivity contribution in [3.63, 3.8) is 0 Å². The Kier molecular flexibility index (Phi) is 5.90. The number of rotatable bonds is 4. The molecule has 0 bridgehead atoms. The Bertz CT molecular complexity index is 1330. The number of para-hydroxylation sites is 1. The molecule has 0 fully saturated rings. The van der Waals surface area contributed by atoms with Crippen LogP contribution in [0.4, 0.5) is 27.6 Å². The van der Waals surface area contributed by atoms with Gasteiger partial charge in [0, 0.05) is 17.2 Å². The lowest BCUT2D eigenvalue weighted by molar-refractivity contribution is -0.141. The summed E-state index contributed by atoms with van der Waals surface area (Å²) >= 11 is 6.16. The van der Waals surface area contributed by atoms with Crippen molar-refractivity contribution in [2.45, 2.75) is 6.18 Å². The van der Waals surface area contributed by atoms with E-state index in [2.05, 4.69) is 10.4 Å². The topological polar surface area (TPSA) is 46.9 Å². The predicted octanol–water partition coefficient (Wildman–Crippen LogP) is 6.74. The number of amides is 1. The Balaban J connectivity index is 1.69. The predicted molar refractivity (Wildman–Crippen MR) is 113 cm³/mol. The average molecular weight is 478 g/mol. The minimum Gasteiger partial charge on any atom is -0.319 e. The summed E-state index contributed by atoms with van der Waals surface area (Å²) < 4.78 is 68.2. The third-order valence-electron chi connectivity index (χ3n) is 4.70. The first-order valence-corrected chi connectivity index (χ1v) is 9.80. The van der Waals surface area contributed by atoms with Gasteiger partial charge in [-0.2, -0.15) is 18.3 Å². The summed E-state index contributed by atoms with van der Waals surface area (Å²) in [4.78, 5) is 12.4. The van der Waals surface area contributed by atoms with E-state index in [4.69, 9.17) is 11.6 Å². The monoisotopic (exact) mass is 477 g/mol. The molecule has 4 aromatic rings. The highest BCUT2D eigenvalue weighted by Gasteiger charge is 2.35. The lowest BCUT2D eigenvalue weighted by Gasteiger charge is -2.10. The number of anilines is 1. The van der Waals surface area contributed by atoms with Crippen LogP contribution in [0.3, 0.4) is 0 Å². The van der Waals surface area contributed by atoms with Crippen molar-refractivity contribution in [1.82, 2.24) is 9.78 Å². The summed E-state index contributed by atoms with van der Waals surface area (Å²) in [5, 5.41) is 6.13. The summed E-state index contributed by atoms with van der Waals surface area (Å²) in [5.74, 6) is -2.26. The zero-order chi connectivity index (χ0) is 23.8. The van der Waals surface area contributed by atoms with Gasteiger partial charge in [0.1, 0.15) is 11.6 Å². The van der Waals surface area contributed by atoms with Gasteiger partial charge in [0.05, 0.1) is 22.1 Å². The maximum absolute atomic E-state index is 13.8. The number of alkyl halides is 3. The van der Waals surface area contributed by atoms with Crippen LogP contribution in [0.5, 0.6) is 0 Å². The van der Waals surface area contributed by atoms with Crippen molar-refractivity contribution in [2.24, 2.45) is 0 Å².